The van der Waals surface area contributed by atoms with Gasteiger partial charge in [0.05, 0.1) is 0 Å². The molecule has 0 bridgehead atoms. The van der Waals surface area contributed by atoms with Crippen LogP contribution in [0, 0.1) is 0 Å². The zero-order chi connectivity index (χ0) is 50.7. The Morgan fingerprint density at radius 3 is 0.829 bits per heavy atom. The van der Waals surface area contributed by atoms with Crippen LogP contribution in [0.3, 0.4) is 0 Å². The van der Waals surface area contributed by atoms with Crippen molar-refractivity contribution in [1.82, 2.24) is 0 Å². The quantitative estimate of drug-likeness (QED) is 0.0261. The highest BCUT2D eigenvalue weighted by Gasteiger charge is 2.19. The second kappa shape index (κ2) is 59.2. The van der Waals surface area contributed by atoms with Gasteiger partial charge in [0.1, 0.15) is 13.2 Å². The van der Waals surface area contributed by atoms with Gasteiger partial charge in [-0.3, -0.25) is 14.4 Å². The number of carbonyl (C=O) groups is 3. The van der Waals surface area contributed by atoms with E-state index in [4.69, 9.17) is 14.2 Å². The summed E-state index contributed by atoms with van der Waals surface area (Å²) in [4.78, 5) is 37.9. The summed E-state index contributed by atoms with van der Waals surface area (Å²) >= 11 is 0. The van der Waals surface area contributed by atoms with Gasteiger partial charge in [-0.05, 0) is 57.8 Å². The summed E-state index contributed by atoms with van der Waals surface area (Å²) in [6.45, 7) is 6.59. The van der Waals surface area contributed by atoms with E-state index in [1.165, 1.54) is 218 Å². The fourth-order valence-electron chi connectivity index (χ4n) is 9.22. The highest BCUT2D eigenvalue weighted by atomic mass is 16.6. The monoisotopic (exact) mass is 983 g/mol. The molecular formula is C64H118O6. The zero-order valence-corrected chi connectivity index (χ0v) is 47.1. The van der Waals surface area contributed by atoms with Gasteiger partial charge in [-0.2, -0.15) is 0 Å². The number of allylic oxidation sites excluding steroid dienone is 6. The number of hydrogen-bond acceptors (Lipinski definition) is 6. The largest absolute Gasteiger partial charge is 0.462 e. The van der Waals surface area contributed by atoms with Crippen LogP contribution in [0.25, 0.3) is 0 Å². The Hall–Kier alpha value is -2.37. The third-order valence-corrected chi connectivity index (χ3v) is 13.9. The first-order valence-electron chi connectivity index (χ1n) is 31.0. The van der Waals surface area contributed by atoms with Gasteiger partial charge >= 0.3 is 17.9 Å². The van der Waals surface area contributed by atoms with Crippen molar-refractivity contribution >= 4 is 17.9 Å². The molecule has 6 heteroatoms. The minimum absolute atomic E-state index is 0.0738. The van der Waals surface area contributed by atoms with Crippen molar-refractivity contribution in [1.29, 1.82) is 0 Å². The van der Waals surface area contributed by atoms with Crippen LogP contribution in [0.4, 0.5) is 0 Å². The molecule has 6 nitrogen and oxygen atoms in total. The molecule has 70 heavy (non-hydrogen) atoms. The molecule has 1 unspecified atom stereocenters. The molecule has 0 heterocycles. The van der Waals surface area contributed by atoms with E-state index in [-0.39, 0.29) is 31.1 Å². The normalized spacial score (nSPS) is 12.2. The first-order chi connectivity index (χ1) is 34.5. The summed E-state index contributed by atoms with van der Waals surface area (Å²) < 4.78 is 16.8. The highest BCUT2D eigenvalue weighted by Crippen LogP contribution is 2.18. The fourth-order valence-corrected chi connectivity index (χ4v) is 9.22. The van der Waals surface area contributed by atoms with Crippen LogP contribution in [0.2, 0.25) is 0 Å². The molecule has 410 valence electrons. The lowest BCUT2D eigenvalue weighted by molar-refractivity contribution is -0.167. The second-order valence-electron chi connectivity index (χ2n) is 21.0. The molecule has 0 aromatic heterocycles. The van der Waals surface area contributed by atoms with Crippen molar-refractivity contribution in [3.63, 3.8) is 0 Å². The molecule has 0 saturated heterocycles. The van der Waals surface area contributed by atoms with E-state index in [1.54, 1.807) is 0 Å². The Balaban J connectivity index is 4.04. The lowest BCUT2D eigenvalue weighted by Crippen LogP contribution is -2.30. The fraction of sp³-hybridized carbons (Fsp3) is 0.859. The SMILES string of the molecule is CCCCC/C=C\C/C=C\C/C=C\CCCCCCCCC(=O)OC(COC(=O)CCCCCCCC)COC(=O)CCCCCCCCCCCCCCCCCCCCCCCCCCCCC. The van der Waals surface area contributed by atoms with Gasteiger partial charge < -0.3 is 14.2 Å². The molecule has 0 radical (unpaired) electrons. The molecule has 0 aliphatic rings. The molecule has 1 atom stereocenters. The second-order valence-corrected chi connectivity index (χ2v) is 21.0. The van der Waals surface area contributed by atoms with Crippen molar-refractivity contribution in [2.45, 2.75) is 341 Å². The van der Waals surface area contributed by atoms with Crippen molar-refractivity contribution in [2.24, 2.45) is 0 Å². The number of esters is 3. The van der Waals surface area contributed by atoms with E-state index < -0.39 is 6.10 Å². The molecular weight excluding hydrogens is 865 g/mol. The standard InChI is InChI=1S/C64H118O6/c1-4-7-10-13-16-18-20-22-24-26-28-29-30-31-32-33-34-35-37-38-40-42-44-46-48-51-54-57-63(66)69-60-61(59-68-62(65)56-53-50-15-12-9-6-3)70-64(67)58-55-52-49-47-45-43-41-39-36-27-25-23-21-19-17-14-11-8-5-2/h17,19,23,25,36,39,61H,4-16,18,20-22,24,26-35,37-38,40-60H2,1-3H3/b19-17-,25-23-,39-36-. The Morgan fingerprint density at radius 1 is 0.286 bits per heavy atom. The molecule has 0 aliphatic heterocycles. The van der Waals surface area contributed by atoms with Gasteiger partial charge in [-0.1, -0.05) is 295 Å². The molecule has 0 N–H and O–H groups in total. The third-order valence-electron chi connectivity index (χ3n) is 13.9. The summed E-state index contributed by atoms with van der Waals surface area (Å²) in [5.74, 6) is -0.879. The van der Waals surface area contributed by atoms with Crippen molar-refractivity contribution in [3.8, 4) is 0 Å². The molecule has 0 aromatic rings. The van der Waals surface area contributed by atoms with E-state index in [0.29, 0.717) is 19.3 Å². The van der Waals surface area contributed by atoms with Gasteiger partial charge in [-0.25, -0.2) is 0 Å². The highest BCUT2D eigenvalue weighted by molar-refractivity contribution is 5.71. The van der Waals surface area contributed by atoms with Crippen molar-refractivity contribution < 1.29 is 28.6 Å². The van der Waals surface area contributed by atoms with E-state index in [1.807, 2.05) is 0 Å². The predicted octanol–water partition coefficient (Wildman–Crippen LogP) is 20.8. The Labute approximate surface area is 435 Å². The maximum atomic E-state index is 12.8. The Morgan fingerprint density at radius 2 is 0.514 bits per heavy atom. The molecule has 0 rings (SSSR count). The maximum Gasteiger partial charge on any atom is 0.306 e. The van der Waals surface area contributed by atoms with Gasteiger partial charge in [0.2, 0.25) is 0 Å². The van der Waals surface area contributed by atoms with E-state index in [9.17, 15) is 14.4 Å². The van der Waals surface area contributed by atoms with Crippen LogP contribution in [0.15, 0.2) is 36.5 Å². The predicted molar refractivity (Wildman–Crippen MR) is 302 cm³/mol. The molecule has 0 amide bonds. The Bertz CT molecular complexity index is 1170. The summed E-state index contributed by atoms with van der Waals surface area (Å²) in [6, 6.07) is 0. The van der Waals surface area contributed by atoms with Crippen molar-refractivity contribution in [2.75, 3.05) is 13.2 Å². The molecule has 0 spiro atoms. The minimum Gasteiger partial charge on any atom is -0.462 e. The van der Waals surface area contributed by atoms with Gasteiger partial charge in [0, 0.05) is 19.3 Å². The number of carbonyl (C=O) groups excluding carboxylic acids is 3. The van der Waals surface area contributed by atoms with E-state index >= 15 is 0 Å². The zero-order valence-electron chi connectivity index (χ0n) is 47.1. The topological polar surface area (TPSA) is 78.9 Å². The minimum atomic E-state index is -0.774. The summed E-state index contributed by atoms with van der Waals surface area (Å²) in [7, 11) is 0. The van der Waals surface area contributed by atoms with Gasteiger partial charge in [-0.15, -0.1) is 0 Å². The Kier molecular flexibility index (Phi) is 57.2. The van der Waals surface area contributed by atoms with Gasteiger partial charge in [0.15, 0.2) is 6.10 Å². The van der Waals surface area contributed by atoms with Crippen LogP contribution in [-0.2, 0) is 28.6 Å². The molecule has 0 fully saturated rings. The van der Waals surface area contributed by atoms with Crippen LogP contribution in [-0.4, -0.2) is 37.2 Å². The molecule has 0 saturated carbocycles. The van der Waals surface area contributed by atoms with Crippen LogP contribution < -0.4 is 0 Å². The smallest absolute Gasteiger partial charge is 0.306 e. The van der Waals surface area contributed by atoms with E-state index in [0.717, 1.165) is 77.0 Å². The summed E-state index contributed by atoms with van der Waals surface area (Å²) in [6.07, 6.45) is 71.9. The summed E-state index contributed by atoms with van der Waals surface area (Å²) in [5.41, 5.74) is 0. The van der Waals surface area contributed by atoms with E-state index in [2.05, 4.69) is 57.2 Å². The average molecular weight is 984 g/mol. The van der Waals surface area contributed by atoms with Crippen LogP contribution in [0.1, 0.15) is 335 Å². The average Bonchev–Trinajstić information content (AvgIpc) is 3.36. The molecule has 0 aliphatic carbocycles. The first kappa shape index (κ1) is 67.6. The van der Waals surface area contributed by atoms with Crippen molar-refractivity contribution in [3.05, 3.63) is 36.5 Å². The first-order valence-corrected chi connectivity index (χ1v) is 31.0. The maximum absolute atomic E-state index is 12.8. The lowest BCUT2D eigenvalue weighted by atomic mass is 10.0. The third kappa shape index (κ3) is 56.5. The number of hydrogen-bond donors (Lipinski definition) is 0. The molecule has 0 aromatic carbocycles. The van der Waals surface area contributed by atoms with Gasteiger partial charge in [0.25, 0.3) is 0 Å². The number of unbranched alkanes of at least 4 members (excludes halogenated alkanes) is 40. The number of rotatable bonds is 57. The lowest BCUT2D eigenvalue weighted by Gasteiger charge is -2.18. The van der Waals surface area contributed by atoms with Crippen LogP contribution >= 0.6 is 0 Å². The number of ether oxygens (including phenoxy) is 3. The summed E-state index contributed by atoms with van der Waals surface area (Å²) in [5, 5.41) is 0. The van der Waals surface area contributed by atoms with Crippen LogP contribution in [0.5, 0.6) is 0 Å².